The Bertz CT molecular complexity index is 2520. The zero-order valence-corrected chi connectivity index (χ0v) is 27.4. The van der Waals surface area contributed by atoms with Gasteiger partial charge in [-0.25, -0.2) is 4.98 Å². The summed E-state index contributed by atoms with van der Waals surface area (Å²) in [5, 5.41) is 0. The van der Waals surface area contributed by atoms with Gasteiger partial charge in [-0.05, 0) is 91.0 Å². The highest BCUT2D eigenvalue weighted by atomic mass is 16.3. The molecule has 0 unspecified atom stereocenters. The summed E-state index contributed by atoms with van der Waals surface area (Å²) in [6.07, 6.45) is 0. The summed E-state index contributed by atoms with van der Waals surface area (Å²) < 4.78 is 6.43. The van der Waals surface area contributed by atoms with Crippen LogP contribution in [0.4, 0.5) is 0 Å². The van der Waals surface area contributed by atoms with Crippen molar-refractivity contribution in [1.29, 1.82) is 0 Å². The minimum atomic E-state index is -0.420. The van der Waals surface area contributed by atoms with Crippen LogP contribution >= 0.6 is 0 Å². The van der Waals surface area contributed by atoms with Crippen molar-refractivity contribution >= 4 is 11.1 Å². The van der Waals surface area contributed by atoms with Crippen molar-refractivity contribution in [1.82, 2.24) is 4.98 Å². The molecule has 2 heteroatoms. The van der Waals surface area contributed by atoms with Crippen LogP contribution in [0.5, 0.6) is 0 Å². The van der Waals surface area contributed by atoms with Crippen molar-refractivity contribution in [3.05, 3.63) is 197 Å². The number of fused-ring (bicyclic) bond motifs is 8. The molecule has 10 rings (SSSR count). The van der Waals surface area contributed by atoms with E-state index in [1.54, 1.807) is 0 Å². The number of oxazole rings is 1. The van der Waals surface area contributed by atoms with Gasteiger partial charge in [-0.2, -0.15) is 0 Å². The fourth-order valence-corrected chi connectivity index (χ4v) is 8.80. The molecule has 0 radical (unpaired) electrons. The fraction of sp³-hybridized carbons (Fsp3) is 0.0851. The van der Waals surface area contributed by atoms with Gasteiger partial charge in [-0.15, -0.1) is 0 Å². The van der Waals surface area contributed by atoms with E-state index >= 15 is 0 Å². The molecule has 0 spiro atoms. The molecule has 0 saturated heterocycles. The predicted molar refractivity (Wildman–Crippen MR) is 200 cm³/mol. The smallest absolute Gasteiger partial charge is 0.227 e. The van der Waals surface area contributed by atoms with Crippen LogP contribution in [0, 0.1) is 0 Å². The van der Waals surface area contributed by atoms with Crippen LogP contribution in [0.25, 0.3) is 55.9 Å². The molecule has 0 bridgehead atoms. The second kappa shape index (κ2) is 10.3. The molecule has 0 fully saturated rings. The first-order valence-electron chi connectivity index (χ1n) is 17.1. The van der Waals surface area contributed by atoms with E-state index in [1.165, 1.54) is 61.2 Å². The standard InChI is InChI=1S/C47H33NO/c1-46(2)39-19-11-9-18-36(39)38-27-28-42-44(43(38)46)48-45(49-42)31-23-21-30(22-24-31)32-25-26-37-35-17-10-12-20-40(35)47(41(37)29-32,33-13-5-3-6-14-33)34-15-7-4-8-16-34/h3-29H,1-2H3. The summed E-state index contributed by atoms with van der Waals surface area (Å²) in [7, 11) is 0. The third-order valence-corrected chi connectivity index (χ3v) is 11.0. The third-order valence-electron chi connectivity index (χ3n) is 11.0. The molecule has 232 valence electrons. The number of hydrogen-bond donors (Lipinski definition) is 0. The van der Waals surface area contributed by atoms with E-state index in [2.05, 4.69) is 178 Å². The third kappa shape index (κ3) is 3.86. The lowest BCUT2D eigenvalue weighted by atomic mass is 9.67. The minimum absolute atomic E-state index is 0.147. The van der Waals surface area contributed by atoms with Gasteiger partial charge in [-0.1, -0.05) is 153 Å². The minimum Gasteiger partial charge on any atom is -0.436 e. The van der Waals surface area contributed by atoms with E-state index in [9.17, 15) is 0 Å². The van der Waals surface area contributed by atoms with Crippen molar-refractivity contribution in [2.75, 3.05) is 0 Å². The average molecular weight is 628 g/mol. The van der Waals surface area contributed by atoms with E-state index in [-0.39, 0.29) is 5.41 Å². The Morgan fingerprint density at radius 2 is 0.980 bits per heavy atom. The van der Waals surface area contributed by atoms with Crippen LogP contribution in [0.3, 0.4) is 0 Å². The van der Waals surface area contributed by atoms with Gasteiger partial charge in [0.05, 0.1) is 5.41 Å². The molecule has 8 aromatic rings. The highest BCUT2D eigenvalue weighted by Crippen LogP contribution is 2.57. The van der Waals surface area contributed by atoms with Crippen LogP contribution in [-0.2, 0) is 10.8 Å². The second-order valence-corrected chi connectivity index (χ2v) is 13.9. The number of benzene rings is 7. The van der Waals surface area contributed by atoms with E-state index in [4.69, 9.17) is 9.40 Å². The molecule has 49 heavy (non-hydrogen) atoms. The van der Waals surface area contributed by atoms with Gasteiger partial charge in [0.15, 0.2) is 5.58 Å². The molecule has 7 aromatic carbocycles. The maximum absolute atomic E-state index is 6.43. The SMILES string of the molecule is CC1(C)c2ccccc2-c2ccc3oc(-c4ccc(-c5ccc6c(c5)C(c5ccccc5)(c5ccccc5)c5ccccc5-6)cc4)nc3c21. The Labute approximate surface area is 286 Å². The molecule has 1 heterocycles. The quantitative estimate of drug-likeness (QED) is 0.194. The summed E-state index contributed by atoms with van der Waals surface area (Å²) in [5.41, 5.74) is 17.4. The Morgan fingerprint density at radius 3 is 1.67 bits per heavy atom. The Kier molecular flexibility index (Phi) is 5.87. The van der Waals surface area contributed by atoms with Crippen LogP contribution in [-0.4, -0.2) is 4.98 Å². The van der Waals surface area contributed by atoms with Crippen molar-refractivity contribution in [2.45, 2.75) is 24.7 Å². The number of nitrogens with zero attached hydrogens (tertiary/aromatic N) is 1. The number of rotatable bonds is 4. The van der Waals surface area contributed by atoms with E-state index in [0.717, 1.165) is 22.2 Å². The van der Waals surface area contributed by atoms with Crippen LogP contribution < -0.4 is 0 Å². The molecular formula is C47H33NO. The summed E-state index contributed by atoms with van der Waals surface area (Å²) in [6, 6.07) is 59.5. The molecule has 2 aliphatic rings. The van der Waals surface area contributed by atoms with Crippen LogP contribution in [0.1, 0.15) is 47.2 Å². The van der Waals surface area contributed by atoms with Gasteiger partial charge in [0.1, 0.15) is 5.52 Å². The highest BCUT2D eigenvalue weighted by molar-refractivity contribution is 5.94. The predicted octanol–water partition coefficient (Wildman–Crippen LogP) is 11.8. The van der Waals surface area contributed by atoms with Gasteiger partial charge < -0.3 is 4.42 Å². The average Bonchev–Trinajstić information content (AvgIpc) is 3.79. The Hall–Kier alpha value is -5.99. The highest BCUT2D eigenvalue weighted by Gasteiger charge is 2.46. The molecule has 0 saturated carbocycles. The van der Waals surface area contributed by atoms with Gasteiger partial charge in [-0.3, -0.25) is 0 Å². The first kappa shape index (κ1) is 28.1. The summed E-state index contributed by atoms with van der Waals surface area (Å²) in [5.74, 6) is 0.651. The van der Waals surface area contributed by atoms with E-state index in [0.29, 0.717) is 5.89 Å². The first-order valence-corrected chi connectivity index (χ1v) is 17.1. The Morgan fingerprint density at radius 1 is 0.449 bits per heavy atom. The van der Waals surface area contributed by atoms with E-state index in [1.807, 2.05) is 0 Å². The van der Waals surface area contributed by atoms with Gasteiger partial charge in [0, 0.05) is 11.0 Å². The zero-order chi connectivity index (χ0) is 32.7. The topological polar surface area (TPSA) is 26.0 Å². The number of hydrogen-bond acceptors (Lipinski definition) is 2. The monoisotopic (exact) mass is 627 g/mol. The molecule has 1 aromatic heterocycles. The molecule has 0 amide bonds. The summed E-state index contributed by atoms with van der Waals surface area (Å²) in [4.78, 5) is 5.13. The molecule has 2 nitrogen and oxygen atoms in total. The molecule has 0 aliphatic heterocycles. The lowest BCUT2D eigenvalue weighted by Gasteiger charge is -2.34. The van der Waals surface area contributed by atoms with Gasteiger partial charge in [0.2, 0.25) is 5.89 Å². The summed E-state index contributed by atoms with van der Waals surface area (Å²) in [6.45, 7) is 4.58. The second-order valence-electron chi connectivity index (χ2n) is 13.9. The largest absolute Gasteiger partial charge is 0.436 e. The lowest BCUT2D eigenvalue weighted by molar-refractivity contribution is 0.619. The van der Waals surface area contributed by atoms with Gasteiger partial charge in [0.25, 0.3) is 0 Å². The normalized spacial score (nSPS) is 14.7. The molecule has 0 N–H and O–H groups in total. The maximum atomic E-state index is 6.43. The number of aromatic nitrogens is 1. The fourth-order valence-electron chi connectivity index (χ4n) is 8.80. The van der Waals surface area contributed by atoms with Crippen molar-refractivity contribution in [2.24, 2.45) is 0 Å². The van der Waals surface area contributed by atoms with Gasteiger partial charge >= 0.3 is 0 Å². The summed E-state index contributed by atoms with van der Waals surface area (Å²) >= 11 is 0. The van der Waals surface area contributed by atoms with Crippen molar-refractivity contribution in [3.63, 3.8) is 0 Å². The van der Waals surface area contributed by atoms with E-state index < -0.39 is 5.41 Å². The molecule has 0 atom stereocenters. The van der Waals surface area contributed by atoms with Crippen LogP contribution in [0.15, 0.2) is 168 Å². The van der Waals surface area contributed by atoms with Crippen molar-refractivity contribution < 1.29 is 4.42 Å². The first-order chi connectivity index (χ1) is 24.0. The Balaban J connectivity index is 1.08. The lowest BCUT2D eigenvalue weighted by Crippen LogP contribution is -2.28. The molecular weight excluding hydrogens is 595 g/mol. The maximum Gasteiger partial charge on any atom is 0.227 e. The van der Waals surface area contributed by atoms with Crippen LogP contribution in [0.2, 0.25) is 0 Å². The zero-order valence-electron chi connectivity index (χ0n) is 27.4. The molecule has 2 aliphatic carbocycles. The van der Waals surface area contributed by atoms with Crippen molar-refractivity contribution in [3.8, 4) is 44.8 Å².